The van der Waals surface area contributed by atoms with Crippen molar-refractivity contribution in [2.45, 2.75) is 46.0 Å². The van der Waals surface area contributed by atoms with Crippen molar-refractivity contribution in [1.29, 1.82) is 0 Å². The Morgan fingerprint density at radius 2 is 1.54 bits per heavy atom. The van der Waals surface area contributed by atoms with E-state index in [1.165, 1.54) is 25.7 Å². The summed E-state index contributed by atoms with van der Waals surface area (Å²) in [4.78, 5) is 26.9. The zero-order chi connectivity index (χ0) is 17.7. The van der Waals surface area contributed by atoms with Crippen molar-refractivity contribution in [1.82, 2.24) is 0 Å². The molecule has 13 atom stereocenters. The zero-order valence-corrected chi connectivity index (χ0v) is 16.1. The summed E-state index contributed by atoms with van der Waals surface area (Å²) in [5.41, 5.74) is -0.349. The Balaban J connectivity index is 1.51. The van der Waals surface area contributed by atoms with Gasteiger partial charge in [-0.15, -0.1) is 0 Å². The smallest absolute Gasteiger partial charge is 0.312 e. The van der Waals surface area contributed by atoms with Crippen LogP contribution in [0.25, 0.3) is 0 Å². The van der Waals surface area contributed by atoms with Gasteiger partial charge in [-0.2, -0.15) is 0 Å². The number of ketones is 1. The summed E-state index contributed by atoms with van der Waals surface area (Å²) in [7, 11) is 1.60. The van der Waals surface area contributed by atoms with Crippen molar-refractivity contribution < 1.29 is 14.3 Å². The summed E-state index contributed by atoms with van der Waals surface area (Å²) in [5, 5.41) is 0. The fraction of sp³-hybridized carbons (Fsp3) is 0.913. The predicted molar refractivity (Wildman–Crippen MR) is 94.7 cm³/mol. The third kappa shape index (κ3) is 1.13. The molecule has 7 aliphatic rings. The lowest BCUT2D eigenvalue weighted by atomic mass is 9.64. The van der Waals surface area contributed by atoms with Crippen LogP contribution < -0.4 is 0 Å². The summed E-state index contributed by atoms with van der Waals surface area (Å²) in [6, 6.07) is 0. The fourth-order valence-electron chi connectivity index (χ4n) is 11.7. The predicted octanol–water partition coefficient (Wildman–Crippen LogP) is 3.57. The molecule has 0 aromatic carbocycles. The normalized spacial score (nSPS) is 68.0. The van der Waals surface area contributed by atoms with Crippen LogP contribution in [-0.4, -0.2) is 18.9 Å². The van der Waals surface area contributed by atoms with Gasteiger partial charge < -0.3 is 4.74 Å². The molecule has 0 aliphatic heterocycles. The van der Waals surface area contributed by atoms with Crippen molar-refractivity contribution in [2.24, 2.45) is 75.9 Å². The highest BCUT2D eigenvalue weighted by atomic mass is 16.5. The summed E-state index contributed by atoms with van der Waals surface area (Å²) in [6.45, 7) is 4.67. The standard InChI is InChI=1S/C23H30O3/c1-22-16-9-5-4-6-10(9)17-14(16)15-18(23(17,2)21(25)26-3)11-7-8-12(20(22)24)13(11)19(15)22/h9-19H,4-8H2,1-3H3/t9-,10+,11+,12+,13+,14-,15+,16+,17-,18-,19-,22+,23-/m0/s1. The number of Topliss-reactive ketones (excluding diaryl/α,β-unsaturated/α-hetero) is 1. The van der Waals surface area contributed by atoms with Crippen molar-refractivity contribution in [3.05, 3.63) is 0 Å². The maximum Gasteiger partial charge on any atom is 0.312 e. The van der Waals surface area contributed by atoms with Gasteiger partial charge in [-0.1, -0.05) is 13.3 Å². The van der Waals surface area contributed by atoms with E-state index in [4.69, 9.17) is 4.74 Å². The largest absolute Gasteiger partial charge is 0.469 e. The van der Waals surface area contributed by atoms with Crippen LogP contribution in [0.1, 0.15) is 46.0 Å². The first-order chi connectivity index (χ1) is 12.5. The lowest BCUT2D eigenvalue weighted by Crippen LogP contribution is -2.44. The second-order valence-corrected chi connectivity index (χ2v) is 11.4. The van der Waals surface area contributed by atoms with Crippen LogP contribution in [-0.2, 0) is 14.3 Å². The molecular weight excluding hydrogens is 324 g/mol. The molecule has 0 bridgehead atoms. The quantitative estimate of drug-likeness (QED) is 0.676. The van der Waals surface area contributed by atoms with Gasteiger partial charge >= 0.3 is 5.97 Å². The minimum Gasteiger partial charge on any atom is -0.469 e. The van der Waals surface area contributed by atoms with E-state index in [0.29, 0.717) is 70.9 Å². The maximum atomic E-state index is 13.7. The fourth-order valence-corrected chi connectivity index (χ4v) is 11.7. The van der Waals surface area contributed by atoms with Gasteiger partial charge in [0.1, 0.15) is 5.78 Å². The van der Waals surface area contributed by atoms with Gasteiger partial charge in [0, 0.05) is 11.3 Å². The number of rotatable bonds is 1. The van der Waals surface area contributed by atoms with E-state index in [1.807, 2.05) is 0 Å². The molecule has 0 amide bonds. The molecule has 0 unspecified atom stereocenters. The van der Waals surface area contributed by atoms with Crippen molar-refractivity contribution in [2.75, 3.05) is 7.11 Å². The van der Waals surface area contributed by atoms with Gasteiger partial charge in [-0.25, -0.2) is 0 Å². The molecule has 0 saturated heterocycles. The van der Waals surface area contributed by atoms with Crippen molar-refractivity contribution in [3.8, 4) is 0 Å². The van der Waals surface area contributed by atoms with Crippen LogP contribution in [0.15, 0.2) is 0 Å². The summed E-state index contributed by atoms with van der Waals surface area (Å²) < 4.78 is 5.48. The SMILES string of the molecule is COC(=O)[C@]1(C)[C@H]2[C@@H]3CC[C@H]4C(=O)[C@@]5(C)[C@H]([C@@H]2[C@H]2[C@H]5[C@H]5CCC[C@H]5[C@@H]21)[C@H]34. The van der Waals surface area contributed by atoms with E-state index in [9.17, 15) is 9.59 Å². The Kier molecular flexibility index (Phi) is 2.38. The molecule has 7 saturated carbocycles. The molecule has 3 heteroatoms. The second-order valence-electron chi connectivity index (χ2n) is 11.4. The molecule has 0 heterocycles. The van der Waals surface area contributed by atoms with Crippen LogP contribution in [0.4, 0.5) is 0 Å². The first-order valence-corrected chi connectivity index (χ1v) is 11.1. The first kappa shape index (κ1) is 15.1. The number of ether oxygens (including phenoxy) is 1. The number of carbonyl (C=O) groups is 2. The Bertz CT molecular complexity index is 751. The summed E-state index contributed by atoms with van der Waals surface area (Å²) >= 11 is 0. The molecule has 7 aliphatic carbocycles. The van der Waals surface area contributed by atoms with Gasteiger partial charge in [0.2, 0.25) is 0 Å². The van der Waals surface area contributed by atoms with E-state index >= 15 is 0 Å². The molecule has 7 rings (SSSR count). The van der Waals surface area contributed by atoms with Crippen LogP contribution >= 0.6 is 0 Å². The highest BCUT2D eigenvalue weighted by Crippen LogP contribution is 2.87. The Morgan fingerprint density at radius 1 is 0.885 bits per heavy atom. The molecule has 0 spiro atoms. The molecule has 0 aromatic heterocycles. The molecule has 0 aromatic rings. The van der Waals surface area contributed by atoms with E-state index in [0.717, 1.165) is 6.42 Å². The number of esters is 1. The number of hydrogen-bond acceptors (Lipinski definition) is 3. The summed E-state index contributed by atoms with van der Waals surface area (Å²) in [6.07, 6.45) is 6.15. The minimum atomic E-state index is -0.291. The third-order valence-electron chi connectivity index (χ3n) is 11.6. The van der Waals surface area contributed by atoms with Crippen LogP contribution in [0, 0.1) is 75.9 Å². The monoisotopic (exact) mass is 354 g/mol. The molecule has 7 fully saturated rings. The van der Waals surface area contributed by atoms with Gasteiger partial charge in [0.15, 0.2) is 0 Å². The highest BCUT2D eigenvalue weighted by Gasteiger charge is 2.87. The van der Waals surface area contributed by atoms with Crippen LogP contribution in [0.2, 0.25) is 0 Å². The summed E-state index contributed by atoms with van der Waals surface area (Å²) in [5.74, 6) is 7.02. The van der Waals surface area contributed by atoms with Crippen molar-refractivity contribution >= 4 is 11.8 Å². The second kappa shape index (κ2) is 4.10. The lowest BCUT2D eigenvalue weighted by Gasteiger charge is -2.39. The first-order valence-electron chi connectivity index (χ1n) is 11.1. The third-order valence-corrected chi connectivity index (χ3v) is 11.6. The number of methoxy groups -OCH3 is 1. The molecule has 0 radical (unpaired) electrons. The average molecular weight is 354 g/mol. The Morgan fingerprint density at radius 3 is 2.27 bits per heavy atom. The topological polar surface area (TPSA) is 43.4 Å². The molecule has 140 valence electrons. The van der Waals surface area contributed by atoms with Gasteiger partial charge in [-0.3, -0.25) is 9.59 Å². The van der Waals surface area contributed by atoms with Crippen LogP contribution in [0.5, 0.6) is 0 Å². The zero-order valence-electron chi connectivity index (χ0n) is 16.1. The Hall–Kier alpha value is -0.860. The van der Waals surface area contributed by atoms with Crippen LogP contribution in [0.3, 0.4) is 0 Å². The lowest BCUT2D eigenvalue weighted by molar-refractivity contribution is -0.160. The van der Waals surface area contributed by atoms with Gasteiger partial charge in [-0.05, 0) is 91.8 Å². The molecule has 0 N–H and O–H groups in total. The molecule has 3 nitrogen and oxygen atoms in total. The minimum absolute atomic E-state index is 0.0580. The number of fused-ring (bicyclic) bond motifs is 5. The number of carbonyl (C=O) groups excluding carboxylic acids is 2. The number of hydrogen-bond donors (Lipinski definition) is 0. The highest BCUT2D eigenvalue weighted by molar-refractivity contribution is 5.92. The van der Waals surface area contributed by atoms with E-state index in [2.05, 4.69) is 13.8 Å². The van der Waals surface area contributed by atoms with E-state index < -0.39 is 0 Å². The Labute approximate surface area is 155 Å². The average Bonchev–Trinajstić information content (AvgIpc) is 3.38. The molecule has 26 heavy (non-hydrogen) atoms. The molecular formula is C23H30O3. The van der Waals surface area contributed by atoms with Gasteiger partial charge in [0.25, 0.3) is 0 Å². The van der Waals surface area contributed by atoms with E-state index in [-0.39, 0.29) is 16.8 Å². The van der Waals surface area contributed by atoms with Gasteiger partial charge in [0.05, 0.1) is 12.5 Å². The van der Waals surface area contributed by atoms with E-state index in [1.54, 1.807) is 7.11 Å². The van der Waals surface area contributed by atoms with Crippen molar-refractivity contribution in [3.63, 3.8) is 0 Å². The maximum absolute atomic E-state index is 13.7.